The third kappa shape index (κ3) is 4.72. The third-order valence-corrected chi connectivity index (χ3v) is 5.28. The minimum absolute atomic E-state index is 0.658. The van der Waals surface area contributed by atoms with E-state index in [4.69, 9.17) is 0 Å². The summed E-state index contributed by atoms with van der Waals surface area (Å²) < 4.78 is 0. The van der Waals surface area contributed by atoms with Crippen LogP contribution in [-0.4, -0.2) is 0 Å². The van der Waals surface area contributed by atoms with Gasteiger partial charge in [0.05, 0.1) is 0 Å². The Labute approximate surface area is 152 Å². The van der Waals surface area contributed by atoms with Crippen LogP contribution in [0.15, 0.2) is 72.8 Å². The van der Waals surface area contributed by atoms with Crippen molar-refractivity contribution in [3.05, 3.63) is 89.8 Å². The standard InChI is InChI=1S/C25H29/c1-3-4-13-23(20(2)18-21-11-6-5-7-12-21)19-24-16-10-15-22-14-8-9-17-25(22)24/h5-12,14-17,23H,3-4,13,18-19H2,1-2H3. The molecule has 0 fully saturated rings. The molecular formula is C25H29. The molecule has 0 aliphatic rings. The maximum atomic E-state index is 2.36. The molecule has 1 atom stereocenters. The number of hydrogen-bond acceptors (Lipinski definition) is 0. The number of benzene rings is 3. The molecule has 0 heteroatoms. The first-order valence-corrected chi connectivity index (χ1v) is 9.60. The summed E-state index contributed by atoms with van der Waals surface area (Å²) in [5, 5.41) is 2.77. The van der Waals surface area contributed by atoms with E-state index in [-0.39, 0.29) is 0 Å². The van der Waals surface area contributed by atoms with Crippen molar-refractivity contribution in [3.63, 3.8) is 0 Å². The maximum Gasteiger partial charge on any atom is -0.0152 e. The highest BCUT2D eigenvalue weighted by Crippen LogP contribution is 2.30. The molecule has 0 heterocycles. The number of fused-ring (bicyclic) bond motifs is 1. The van der Waals surface area contributed by atoms with Crippen LogP contribution in [0.25, 0.3) is 10.8 Å². The third-order valence-electron chi connectivity index (χ3n) is 5.28. The van der Waals surface area contributed by atoms with Crippen molar-refractivity contribution in [2.75, 3.05) is 0 Å². The van der Waals surface area contributed by atoms with Gasteiger partial charge in [-0.2, -0.15) is 0 Å². The Balaban J connectivity index is 1.80. The molecule has 0 amide bonds. The monoisotopic (exact) mass is 329 g/mol. The molecule has 0 aromatic heterocycles. The van der Waals surface area contributed by atoms with E-state index in [1.54, 1.807) is 5.92 Å². The van der Waals surface area contributed by atoms with Crippen LogP contribution in [0.1, 0.15) is 44.2 Å². The van der Waals surface area contributed by atoms with Crippen LogP contribution in [0.4, 0.5) is 0 Å². The lowest BCUT2D eigenvalue weighted by molar-refractivity contribution is 0.467. The van der Waals surface area contributed by atoms with Gasteiger partial charge in [0.15, 0.2) is 0 Å². The summed E-state index contributed by atoms with van der Waals surface area (Å²) in [4.78, 5) is 0. The molecule has 0 aliphatic heterocycles. The lowest BCUT2D eigenvalue weighted by Crippen LogP contribution is -2.15. The normalized spacial score (nSPS) is 12.6. The van der Waals surface area contributed by atoms with Gasteiger partial charge in [-0.25, -0.2) is 0 Å². The zero-order valence-corrected chi connectivity index (χ0v) is 15.5. The molecule has 0 saturated carbocycles. The quantitative estimate of drug-likeness (QED) is 0.416. The first-order chi connectivity index (χ1) is 12.3. The van der Waals surface area contributed by atoms with Crippen LogP contribution in [0.5, 0.6) is 0 Å². The average Bonchev–Trinajstić information content (AvgIpc) is 2.66. The molecule has 0 spiro atoms. The van der Waals surface area contributed by atoms with Gasteiger partial charge in [0.2, 0.25) is 0 Å². The maximum absolute atomic E-state index is 2.36. The molecule has 25 heavy (non-hydrogen) atoms. The number of unbranched alkanes of at least 4 members (excludes halogenated alkanes) is 1. The van der Waals surface area contributed by atoms with E-state index in [1.165, 1.54) is 41.2 Å². The minimum Gasteiger partial charge on any atom is -0.0654 e. The predicted molar refractivity (Wildman–Crippen MR) is 110 cm³/mol. The SMILES string of the molecule is CCCCC(Cc1cccc2ccccc12)[C](C)Cc1ccccc1. The molecule has 1 radical (unpaired) electrons. The number of rotatable bonds is 8. The van der Waals surface area contributed by atoms with E-state index in [2.05, 4.69) is 86.6 Å². The molecule has 0 nitrogen and oxygen atoms in total. The van der Waals surface area contributed by atoms with Gasteiger partial charge in [0.25, 0.3) is 0 Å². The highest BCUT2D eigenvalue weighted by molar-refractivity contribution is 5.85. The van der Waals surface area contributed by atoms with Crippen LogP contribution < -0.4 is 0 Å². The topological polar surface area (TPSA) is 0 Å². The van der Waals surface area contributed by atoms with Gasteiger partial charge >= 0.3 is 0 Å². The zero-order valence-electron chi connectivity index (χ0n) is 15.5. The second-order valence-corrected chi connectivity index (χ2v) is 7.19. The van der Waals surface area contributed by atoms with Crippen LogP contribution in [-0.2, 0) is 12.8 Å². The van der Waals surface area contributed by atoms with Crippen LogP contribution >= 0.6 is 0 Å². The van der Waals surface area contributed by atoms with Gasteiger partial charge in [0.1, 0.15) is 0 Å². The van der Waals surface area contributed by atoms with Crippen molar-refractivity contribution in [2.45, 2.75) is 46.0 Å². The Morgan fingerprint density at radius 3 is 2.36 bits per heavy atom. The smallest absolute Gasteiger partial charge is 0.0152 e. The Morgan fingerprint density at radius 1 is 0.840 bits per heavy atom. The highest BCUT2D eigenvalue weighted by atomic mass is 14.2. The number of hydrogen-bond donors (Lipinski definition) is 0. The van der Waals surface area contributed by atoms with Crippen LogP contribution in [0.2, 0.25) is 0 Å². The second-order valence-electron chi connectivity index (χ2n) is 7.19. The molecule has 3 aromatic carbocycles. The molecule has 0 N–H and O–H groups in total. The largest absolute Gasteiger partial charge is 0.0654 e. The molecule has 0 saturated heterocycles. The summed E-state index contributed by atoms with van der Waals surface area (Å²) in [7, 11) is 0. The van der Waals surface area contributed by atoms with Crippen molar-refractivity contribution < 1.29 is 0 Å². The average molecular weight is 330 g/mol. The van der Waals surface area contributed by atoms with E-state index in [0.717, 1.165) is 12.8 Å². The van der Waals surface area contributed by atoms with E-state index >= 15 is 0 Å². The van der Waals surface area contributed by atoms with Gasteiger partial charge in [-0.1, -0.05) is 99.5 Å². The van der Waals surface area contributed by atoms with Gasteiger partial charge < -0.3 is 0 Å². The van der Waals surface area contributed by atoms with Crippen molar-refractivity contribution >= 4 is 10.8 Å². The summed E-state index contributed by atoms with van der Waals surface area (Å²) in [5.74, 6) is 2.28. The van der Waals surface area contributed by atoms with E-state index < -0.39 is 0 Å². The summed E-state index contributed by atoms with van der Waals surface area (Å²) >= 11 is 0. The Hall–Kier alpha value is -2.08. The first kappa shape index (κ1) is 17.7. The van der Waals surface area contributed by atoms with Crippen molar-refractivity contribution in [1.82, 2.24) is 0 Å². The lowest BCUT2D eigenvalue weighted by atomic mass is 9.80. The van der Waals surface area contributed by atoms with Gasteiger partial charge in [0, 0.05) is 0 Å². The summed E-state index contributed by atoms with van der Waals surface area (Å²) in [6, 6.07) is 26.4. The predicted octanol–water partition coefficient (Wildman–Crippen LogP) is 7.03. The minimum atomic E-state index is 0.658. The first-order valence-electron chi connectivity index (χ1n) is 9.60. The summed E-state index contributed by atoms with van der Waals surface area (Å²) in [6.45, 7) is 4.65. The van der Waals surface area contributed by atoms with Crippen molar-refractivity contribution in [2.24, 2.45) is 5.92 Å². The van der Waals surface area contributed by atoms with Crippen molar-refractivity contribution in [1.29, 1.82) is 0 Å². The van der Waals surface area contributed by atoms with Gasteiger partial charge in [-0.05, 0) is 53.0 Å². The fraction of sp³-hybridized carbons (Fsp3) is 0.320. The second kappa shape index (κ2) is 8.85. The molecule has 1 unspecified atom stereocenters. The molecule has 0 aliphatic carbocycles. The fourth-order valence-corrected chi connectivity index (χ4v) is 3.77. The molecule has 0 bridgehead atoms. The fourth-order valence-electron chi connectivity index (χ4n) is 3.77. The van der Waals surface area contributed by atoms with E-state index in [0.29, 0.717) is 5.92 Å². The lowest BCUT2D eigenvalue weighted by Gasteiger charge is -2.24. The van der Waals surface area contributed by atoms with E-state index in [1.807, 2.05) is 0 Å². The summed E-state index contributed by atoms with van der Waals surface area (Å²) in [6.07, 6.45) is 6.12. The van der Waals surface area contributed by atoms with Crippen LogP contribution in [0.3, 0.4) is 0 Å². The van der Waals surface area contributed by atoms with Crippen LogP contribution in [0, 0.1) is 11.8 Å². The Kier molecular flexibility index (Phi) is 6.28. The molecule has 3 aromatic rings. The summed E-state index contributed by atoms with van der Waals surface area (Å²) in [5.41, 5.74) is 2.92. The highest BCUT2D eigenvalue weighted by Gasteiger charge is 2.19. The zero-order chi connectivity index (χ0) is 17.5. The molecule has 129 valence electrons. The molecular weight excluding hydrogens is 300 g/mol. The van der Waals surface area contributed by atoms with Gasteiger partial charge in [-0.3, -0.25) is 0 Å². The molecule has 3 rings (SSSR count). The Morgan fingerprint density at radius 2 is 1.56 bits per heavy atom. The Bertz CT molecular complexity index is 767. The van der Waals surface area contributed by atoms with Gasteiger partial charge in [-0.15, -0.1) is 0 Å². The van der Waals surface area contributed by atoms with Crippen molar-refractivity contribution in [3.8, 4) is 0 Å². The van der Waals surface area contributed by atoms with E-state index in [9.17, 15) is 0 Å².